The summed E-state index contributed by atoms with van der Waals surface area (Å²) in [6, 6.07) is -1.17. The first-order chi connectivity index (χ1) is 32.3. The number of cyclic esters (lactones) is 1. The van der Waals surface area contributed by atoms with Crippen LogP contribution in [-0.4, -0.2) is 145 Å². The Hall–Kier alpha value is -3.41. The molecule has 3 aliphatic heterocycles. The standard InChI is InChI=1S/C53H83NO14/c1-32-16-12-11-13-17-33(2)44(63-8)30-40-21-19-34(3)50(59)53(62,68-40)52(61)54-23-15-14-18-41(54)51(60)67-45(36(5)28-39-20-22-43(66-25-24-55)46(29-39)64-9)31-42(56)35(4)27-38(7)48(58)49(65-10)47(57)37(6)26-32/h11-13,16-17,27,32,34,36-41,43-46,48-49,55,58,62H,14-15,18-26,28-31H2,1-10H3. The lowest BCUT2D eigenvalue weighted by Gasteiger charge is -2.40. The van der Waals surface area contributed by atoms with Crippen LogP contribution in [0.4, 0.5) is 0 Å². The van der Waals surface area contributed by atoms with Crippen molar-refractivity contribution >= 4 is 29.2 Å². The molecule has 2 bridgehead atoms. The maximum atomic E-state index is 14.7. The van der Waals surface area contributed by atoms with Gasteiger partial charge < -0.3 is 48.6 Å². The van der Waals surface area contributed by atoms with Crippen LogP contribution in [0.2, 0.25) is 0 Å². The molecular weight excluding hydrogens is 875 g/mol. The number of nitrogens with zero attached hydrogens (tertiary/aromatic N) is 1. The summed E-state index contributed by atoms with van der Waals surface area (Å²) in [5, 5.41) is 33.0. The molecular formula is C53H83NO14. The first-order valence-corrected chi connectivity index (χ1v) is 25.0. The van der Waals surface area contributed by atoms with Crippen molar-refractivity contribution in [3.05, 3.63) is 47.6 Å². The quantitative estimate of drug-likeness (QED) is 0.174. The van der Waals surface area contributed by atoms with Crippen LogP contribution in [0.15, 0.2) is 47.6 Å². The summed E-state index contributed by atoms with van der Waals surface area (Å²) in [4.78, 5) is 72.4. The average molecular weight is 958 g/mol. The molecule has 1 amide bonds. The van der Waals surface area contributed by atoms with Gasteiger partial charge in [-0.1, -0.05) is 71.1 Å². The Morgan fingerprint density at radius 1 is 0.853 bits per heavy atom. The van der Waals surface area contributed by atoms with Gasteiger partial charge in [0.2, 0.25) is 5.78 Å². The first-order valence-electron chi connectivity index (χ1n) is 25.0. The van der Waals surface area contributed by atoms with E-state index >= 15 is 0 Å². The molecule has 3 N–H and O–H groups in total. The number of ether oxygens (including phenoxy) is 6. The van der Waals surface area contributed by atoms with E-state index in [2.05, 4.69) is 0 Å². The number of hydrogen-bond donors (Lipinski definition) is 3. The molecule has 3 fully saturated rings. The van der Waals surface area contributed by atoms with E-state index in [1.54, 1.807) is 41.1 Å². The van der Waals surface area contributed by atoms with Crippen molar-refractivity contribution in [1.29, 1.82) is 0 Å². The Balaban J connectivity index is 1.73. The Bertz CT molecular complexity index is 1810. The van der Waals surface area contributed by atoms with Gasteiger partial charge in [0.05, 0.1) is 43.7 Å². The number of carbonyl (C=O) groups excluding carboxylic acids is 5. The van der Waals surface area contributed by atoms with Crippen LogP contribution in [0.5, 0.6) is 0 Å². The molecule has 4 aliphatic rings. The van der Waals surface area contributed by atoms with Crippen LogP contribution in [0, 0.1) is 35.5 Å². The number of hydrogen-bond acceptors (Lipinski definition) is 14. The fraction of sp³-hybridized carbons (Fsp3) is 0.755. The second-order valence-corrected chi connectivity index (χ2v) is 20.2. The smallest absolute Gasteiger partial charge is 0.329 e. The van der Waals surface area contributed by atoms with E-state index in [1.165, 1.54) is 12.0 Å². The molecule has 68 heavy (non-hydrogen) atoms. The third-order valence-corrected chi connectivity index (χ3v) is 14.8. The molecule has 384 valence electrons. The van der Waals surface area contributed by atoms with Crippen molar-refractivity contribution in [3.8, 4) is 0 Å². The normalized spacial score (nSPS) is 36.7. The number of aliphatic hydroxyl groups is 3. The van der Waals surface area contributed by atoms with Crippen molar-refractivity contribution in [2.24, 2.45) is 35.5 Å². The highest BCUT2D eigenvalue weighted by Gasteiger charge is 2.55. The topological polar surface area (TPSA) is 205 Å². The minimum absolute atomic E-state index is 0.0139. The molecule has 4 rings (SSSR count). The van der Waals surface area contributed by atoms with Crippen LogP contribution < -0.4 is 0 Å². The van der Waals surface area contributed by atoms with Gasteiger partial charge in [-0.15, -0.1) is 0 Å². The van der Waals surface area contributed by atoms with Gasteiger partial charge in [-0.25, -0.2) is 4.79 Å². The number of fused-ring (bicyclic) bond motifs is 3. The fourth-order valence-corrected chi connectivity index (χ4v) is 10.5. The zero-order chi connectivity index (χ0) is 50.3. The number of allylic oxidation sites excluding steroid dienone is 6. The number of amides is 1. The van der Waals surface area contributed by atoms with Crippen LogP contribution >= 0.6 is 0 Å². The van der Waals surface area contributed by atoms with Gasteiger partial charge in [0.1, 0.15) is 18.2 Å². The minimum atomic E-state index is -2.86. The molecule has 0 spiro atoms. The molecule has 1 aliphatic carbocycles. The van der Waals surface area contributed by atoms with Gasteiger partial charge in [-0.3, -0.25) is 19.2 Å². The maximum absolute atomic E-state index is 14.7. The Labute approximate surface area is 405 Å². The van der Waals surface area contributed by atoms with Crippen molar-refractivity contribution < 1.29 is 67.7 Å². The van der Waals surface area contributed by atoms with E-state index in [0.29, 0.717) is 56.9 Å². The predicted molar refractivity (Wildman–Crippen MR) is 256 cm³/mol. The van der Waals surface area contributed by atoms with Gasteiger partial charge in [0.15, 0.2) is 11.6 Å². The summed E-state index contributed by atoms with van der Waals surface area (Å²) >= 11 is 0. The molecule has 3 heterocycles. The number of aliphatic hydroxyl groups excluding tert-OH is 2. The van der Waals surface area contributed by atoms with E-state index < -0.39 is 77.8 Å². The van der Waals surface area contributed by atoms with Crippen molar-refractivity contribution in [2.75, 3.05) is 41.1 Å². The summed E-state index contributed by atoms with van der Waals surface area (Å²) < 4.78 is 35.7. The number of methoxy groups -OCH3 is 3. The van der Waals surface area contributed by atoms with Gasteiger partial charge in [0, 0.05) is 58.5 Å². The van der Waals surface area contributed by atoms with Crippen LogP contribution in [0.1, 0.15) is 126 Å². The molecule has 1 saturated carbocycles. The van der Waals surface area contributed by atoms with E-state index in [4.69, 9.17) is 28.4 Å². The molecule has 0 aromatic heterocycles. The molecule has 0 radical (unpaired) electrons. The third-order valence-electron chi connectivity index (χ3n) is 14.8. The molecule has 15 atom stereocenters. The third kappa shape index (κ3) is 15.3. The van der Waals surface area contributed by atoms with Gasteiger partial charge in [-0.05, 0) is 107 Å². The summed E-state index contributed by atoms with van der Waals surface area (Å²) in [5.74, 6) is -7.99. The molecule has 15 nitrogen and oxygen atoms in total. The van der Waals surface area contributed by atoms with Crippen LogP contribution in [0.3, 0.4) is 0 Å². The number of carbonyl (C=O) groups is 5. The second kappa shape index (κ2) is 27.3. The zero-order valence-corrected chi connectivity index (χ0v) is 42.4. The highest BCUT2D eigenvalue weighted by atomic mass is 16.6. The molecule has 0 aromatic carbocycles. The van der Waals surface area contributed by atoms with E-state index in [1.807, 2.05) is 58.1 Å². The van der Waals surface area contributed by atoms with E-state index in [-0.39, 0.29) is 80.5 Å². The highest BCUT2D eigenvalue weighted by Crippen LogP contribution is 2.37. The van der Waals surface area contributed by atoms with Gasteiger partial charge in [0.25, 0.3) is 5.91 Å². The number of Topliss-reactive ketones (excluding diaryl/α,β-unsaturated/α-hetero) is 3. The summed E-state index contributed by atoms with van der Waals surface area (Å²) in [7, 11) is 4.58. The molecule has 15 heteroatoms. The van der Waals surface area contributed by atoms with Crippen molar-refractivity contribution in [3.63, 3.8) is 0 Å². The molecule has 2 saturated heterocycles. The van der Waals surface area contributed by atoms with Crippen LogP contribution in [-0.2, 0) is 52.4 Å². The summed E-state index contributed by atoms with van der Waals surface area (Å²) in [6.07, 6.45) is 11.5. The fourth-order valence-electron chi connectivity index (χ4n) is 10.5. The largest absolute Gasteiger partial charge is 0.460 e. The number of piperidine rings is 1. The maximum Gasteiger partial charge on any atom is 0.329 e. The average Bonchev–Trinajstić information content (AvgIpc) is 3.43. The molecule has 0 aromatic rings. The van der Waals surface area contributed by atoms with E-state index in [0.717, 1.165) is 12.0 Å². The zero-order valence-electron chi connectivity index (χ0n) is 42.4. The number of esters is 1. The lowest BCUT2D eigenvalue weighted by molar-refractivity contribution is -0.231. The summed E-state index contributed by atoms with van der Waals surface area (Å²) in [5.41, 5.74) is 1.16. The second-order valence-electron chi connectivity index (χ2n) is 20.2. The van der Waals surface area contributed by atoms with Crippen LogP contribution in [0.25, 0.3) is 0 Å². The highest BCUT2D eigenvalue weighted by molar-refractivity contribution is 6.09. The monoisotopic (exact) mass is 958 g/mol. The lowest BCUT2D eigenvalue weighted by atomic mass is 9.78. The first kappa shape index (κ1) is 57.2. The predicted octanol–water partition coefficient (Wildman–Crippen LogP) is 6.20. The van der Waals surface area contributed by atoms with Gasteiger partial charge >= 0.3 is 11.8 Å². The van der Waals surface area contributed by atoms with Crippen molar-refractivity contribution in [2.45, 2.75) is 180 Å². The Morgan fingerprint density at radius 3 is 2.26 bits per heavy atom. The summed E-state index contributed by atoms with van der Waals surface area (Å²) in [6.45, 7) is 12.8. The van der Waals surface area contributed by atoms with Gasteiger partial charge in [-0.2, -0.15) is 0 Å². The Morgan fingerprint density at radius 2 is 1.59 bits per heavy atom. The van der Waals surface area contributed by atoms with E-state index in [9.17, 15) is 39.3 Å². The number of rotatable bonds is 9. The lowest BCUT2D eigenvalue weighted by Crippen LogP contribution is -2.62. The SMILES string of the molecule is COC1CC2CCC(C)C(=O)C(O)(O2)C(=O)N2CCCCC2C(=O)OC(C(C)CC2CCC(OCCO)C(OC)C2)CC(=O)C(C)=CC(C)C(O)C(OC)C(=O)C(C)CC(C)C=CC=CC=C1C. The Kier molecular flexibility index (Phi) is 22.9. The van der Waals surface area contributed by atoms with Crippen molar-refractivity contribution in [1.82, 2.24) is 4.90 Å². The minimum Gasteiger partial charge on any atom is -0.460 e. The number of ketones is 3. The molecule has 15 unspecified atom stereocenters.